The Morgan fingerprint density at radius 1 is 1.40 bits per heavy atom. The first kappa shape index (κ1) is 9.36. The van der Waals surface area contributed by atoms with Gasteiger partial charge < -0.3 is 4.74 Å². The lowest BCUT2D eigenvalue weighted by Gasteiger charge is -2.34. The van der Waals surface area contributed by atoms with Crippen LogP contribution in [-0.4, -0.2) is 47.0 Å². The monoisotopic (exact) mass is 207 g/mol. The molecule has 0 bridgehead atoms. The molecule has 2 fully saturated rings. The molecule has 0 radical (unpaired) electrons. The van der Waals surface area contributed by atoms with Gasteiger partial charge in [0.15, 0.2) is 0 Å². The van der Waals surface area contributed by atoms with Crippen molar-refractivity contribution in [1.29, 1.82) is 0 Å². The van der Waals surface area contributed by atoms with Gasteiger partial charge in [-0.05, 0) is 19.4 Å². The zero-order chi connectivity index (χ0) is 10.3. The average Bonchev–Trinajstić information content (AvgIpc) is 2.70. The summed E-state index contributed by atoms with van der Waals surface area (Å²) < 4.78 is 7.40. The molecule has 1 atom stereocenters. The van der Waals surface area contributed by atoms with Gasteiger partial charge in [-0.3, -0.25) is 9.58 Å². The molecule has 1 aromatic heterocycles. The maximum atomic E-state index is 5.23. The Morgan fingerprint density at radius 3 is 2.87 bits per heavy atom. The Labute approximate surface area is 89.8 Å². The van der Waals surface area contributed by atoms with E-state index in [2.05, 4.69) is 27.7 Å². The second-order valence-electron chi connectivity index (χ2n) is 4.55. The van der Waals surface area contributed by atoms with E-state index >= 15 is 0 Å². The van der Waals surface area contributed by atoms with Gasteiger partial charge in [-0.15, -0.1) is 0 Å². The molecule has 15 heavy (non-hydrogen) atoms. The minimum Gasteiger partial charge on any atom is -0.378 e. The highest BCUT2D eigenvalue weighted by atomic mass is 16.5. The van der Waals surface area contributed by atoms with Gasteiger partial charge in [0.1, 0.15) is 0 Å². The predicted molar refractivity (Wildman–Crippen MR) is 56.8 cm³/mol. The first-order valence-electron chi connectivity index (χ1n) is 5.66. The lowest BCUT2D eigenvalue weighted by Crippen LogP contribution is -2.47. The zero-order valence-electron chi connectivity index (χ0n) is 9.09. The summed E-state index contributed by atoms with van der Waals surface area (Å²) in [7, 11) is 0. The van der Waals surface area contributed by atoms with Crippen molar-refractivity contribution in [2.75, 3.05) is 26.3 Å². The van der Waals surface area contributed by atoms with E-state index in [1.165, 1.54) is 18.7 Å². The fourth-order valence-electron chi connectivity index (χ4n) is 2.50. The van der Waals surface area contributed by atoms with Gasteiger partial charge in [-0.2, -0.15) is 5.10 Å². The molecule has 0 spiro atoms. The van der Waals surface area contributed by atoms with Crippen LogP contribution in [0.4, 0.5) is 0 Å². The Hall–Kier alpha value is -0.870. The van der Waals surface area contributed by atoms with Crippen molar-refractivity contribution in [3.8, 4) is 0 Å². The van der Waals surface area contributed by atoms with Crippen LogP contribution in [0.1, 0.15) is 18.2 Å². The second-order valence-corrected chi connectivity index (χ2v) is 4.55. The van der Waals surface area contributed by atoms with Gasteiger partial charge >= 0.3 is 0 Å². The minimum absolute atomic E-state index is 0.570. The van der Waals surface area contributed by atoms with Crippen LogP contribution in [0.15, 0.2) is 12.3 Å². The van der Waals surface area contributed by atoms with Crippen LogP contribution in [0.2, 0.25) is 0 Å². The summed E-state index contributed by atoms with van der Waals surface area (Å²) in [6.07, 6.45) is 3.11. The third kappa shape index (κ3) is 1.58. The van der Waals surface area contributed by atoms with Crippen LogP contribution in [0.3, 0.4) is 0 Å². The van der Waals surface area contributed by atoms with Crippen molar-refractivity contribution in [2.45, 2.75) is 25.4 Å². The highest BCUT2D eigenvalue weighted by Crippen LogP contribution is 2.25. The van der Waals surface area contributed by atoms with E-state index in [1.807, 2.05) is 6.20 Å². The molecular weight excluding hydrogens is 190 g/mol. The lowest BCUT2D eigenvalue weighted by molar-refractivity contribution is -0.0579. The molecule has 3 heterocycles. The summed E-state index contributed by atoms with van der Waals surface area (Å²) in [5.41, 5.74) is 1.27. The molecule has 1 unspecified atom stereocenters. The highest BCUT2D eigenvalue weighted by Gasteiger charge is 2.33. The molecule has 82 valence electrons. The van der Waals surface area contributed by atoms with Crippen molar-refractivity contribution in [3.05, 3.63) is 18.0 Å². The quantitative estimate of drug-likeness (QED) is 0.720. The van der Waals surface area contributed by atoms with Gasteiger partial charge in [-0.25, -0.2) is 0 Å². The van der Waals surface area contributed by atoms with E-state index in [4.69, 9.17) is 4.74 Å². The van der Waals surface area contributed by atoms with Crippen molar-refractivity contribution in [1.82, 2.24) is 14.7 Å². The third-order valence-corrected chi connectivity index (χ3v) is 3.55. The largest absolute Gasteiger partial charge is 0.378 e. The number of ether oxygens (including phenoxy) is 1. The molecule has 4 nitrogen and oxygen atoms in total. The highest BCUT2D eigenvalue weighted by molar-refractivity contribution is 5.00. The topological polar surface area (TPSA) is 30.3 Å². The molecular formula is C11H17N3O. The number of hydrogen-bond donors (Lipinski definition) is 0. The molecule has 2 saturated heterocycles. The van der Waals surface area contributed by atoms with Crippen LogP contribution in [0, 0.1) is 6.92 Å². The van der Waals surface area contributed by atoms with Crippen LogP contribution in [0.25, 0.3) is 0 Å². The molecule has 0 N–H and O–H groups in total. The number of likely N-dealkylation sites (tertiary alicyclic amines) is 1. The van der Waals surface area contributed by atoms with Crippen LogP contribution in [-0.2, 0) is 4.74 Å². The number of aromatic nitrogens is 2. The fourth-order valence-corrected chi connectivity index (χ4v) is 2.50. The minimum atomic E-state index is 0.570. The second kappa shape index (κ2) is 3.61. The normalized spacial score (nSPS) is 28.2. The van der Waals surface area contributed by atoms with Crippen LogP contribution < -0.4 is 0 Å². The summed E-state index contributed by atoms with van der Waals surface area (Å²) in [6, 6.07) is 3.32. The van der Waals surface area contributed by atoms with E-state index in [9.17, 15) is 0 Å². The molecule has 0 saturated carbocycles. The van der Waals surface area contributed by atoms with Gasteiger partial charge in [0, 0.05) is 25.0 Å². The lowest BCUT2D eigenvalue weighted by atomic mass is 10.2. The summed E-state index contributed by atoms with van der Waals surface area (Å²) in [4.78, 5) is 2.54. The molecule has 4 heteroatoms. The standard InChI is InChI=1S/C11H17N3O/c1-9-2-4-12-14(9)10-3-5-13(6-10)11-7-15-8-11/h2,4,10-11H,3,5-8H2,1H3. The number of hydrogen-bond acceptors (Lipinski definition) is 3. The summed E-state index contributed by atoms with van der Waals surface area (Å²) in [6.45, 7) is 6.30. The SMILES string of the molecule is Cc1ccnn1C1CCN(C2COC2)C1. The van der Waals surface area contributed by atoms with E-state index < -0.39 is 0 Å². The summed E-state index contributed by atoms with van der Waals surface area (Å²) >= 11 is 0. The molecule has 2 aliphatic heterocycles. The van der Waals surface area contributed by atoms with Crippen molar-refractivity contribution >= 4 is 0 Å². The van der Waals surface area contributed by atoms with E-state index in [-0.39, 0.29) is 0 Å². The first-order valence-corrected chi connectivity index (χ1v) is 5.66. The van der Waals surface area contributed by atoms with Crippen molar-refractivity contribution < 1.29 is 4.74 Å². The van der Waals surface area contributed by atoms with Gasteiger partial charge in [0.05, 0.1) is 25.3 Å². The Bertz CT molecular complexity index is 345. The van der Waals surface area contributed by atoms with Crippen molar-refractivity contribution in [3.63, 3.8) is 0 Å². The predicted octanol–water partition coefficient (Wildman–Crippen LogP) is 0.837. The molecule has 3 rings (SSSR count). The summed E-state index contributed by atoms with van der Waals surface area (Å²) in [5, 5.41) is 4.39. The molecule has 0 aromatic carbocycles. The average molecular weight is 207 g/mol. The Kier molecular flexibility index (Phi) is 2.25. The van der Waals surface area contributed by atoms with Crippen LogP contribution in [0.5, 0.6) is 0 Å². The molecule has 1 aromatic rings. The van der Waals surface area contributed by atoms with Gasteiger partial charge in [-0.1, -0.05) is 0 Å². The first-order chi connectivity index (χ1) is 7.34. The third-order valence-electron chi connectivity index (χ3n) is 3.55. The molecule has 0 aliphatic carbocycles. The Balaban J connectivity index is 1.68. The smallest absolute Gasteiger partial charge is 0.0661 e. The van der Waals surface area contributed by atoms with Crippen LogP contribution >= 0.6 is 0 Å². The van der Waals surface area contributed by atoms with E-state index in [0.29, 0.717) is 12.1 Å². The molecule has 2 aliphatic rings. The fraction of sp³-hybridized carbons (Fsp3) is 0.727. The number of aryl methyl sites for hydroxylation is 1. The van der Waals surface area contributed by atoms with Crippen molar-refractivity contribution in [2.24, 2.45) is 0 Å². The van der Waals surface area contributed by atoms with Gasteiger partial charge in [0.2, 0.25) is 0 Å². The van der Waals surface area contributed by atoms with E-state index in [1.54, 1.807) is 0 Å². The maximum absolute atomic E-state index is 5.23. The van der Waals surface area contributed by atoms with Gasteiger partial charge in [0.25, 0.3) is 0 Å². The Morgan fingerprint density at radius 2 is 2.27 bits per heavy atom. The zero-order valence-corrected chi connectivity index (χ0v) is 9.09. The van der Waals surface area contributed by atoms with E-state index in [0.717, 1.165) is 19.8 Å². The number of rotatable bonds is 2. The molecule has 0 amide bonds. The maximum Gasteiger partial charge on any atom is 0.0661 e. The number of nitrogens with zero attached hydrogens (tertiary/aromatic N) is 3. The summed E-state index contributed by atoms with van der Waals surface area (Å²) in [5.74, 6) is 0.